The van der Waals surface area contributed by atoms with Crippen LogP contribution in [-0.2, 0) is 17.6 Å². The van der Waals surface area contributed by atoms with Gasteiger partial charge >= 0.3 is 0 Å². The van der Waals surface area contributed by atoms with Crippen LogP contribution < -0.4 is 10.1 Å². The molecule has 2 aromatic rings. The fraction of sp³-hybridized carbons (Fsp3) is 0.333. The second-order valence-electron chi connectivity index (χ2n) is 5.96. The zero-order valence-corrected chi connectivity index (χ0v) is 14.8. The number of anilines is 1. The molecule has 1 aliphatic rings. The molecule has 0 bridgehead atoms. The molecule has 6 heteroatoms. The number of halogens is 1. The minimum Gasteiger partial charge on any atom is -0.484 e. The third kappa shape index (κ3) is 3.72. The van der Waals surface area contributed by atoms with E-state index in [0.717, 1.165) is 24.8 Å². The molecule has 24 heavy (non-hydrogen) atoms. The summed E-state index contributed by atoms with van der Waals surface area (Å²) < 4.78 is 5.44. The Morgan fingerprint density at radius 1 is 1.46 bits per heavy atom. The van der Waals surface area contributed by atoms with Gasteiger partial charge in [-0.2, -0.15) is 5.26 Å². The summed E-state index contributed by atoms with van der Waals surface area (Å²) in [5.41, 5.74) is 1.72. The van der Waals surface area contributed by atoms with E-state index in [-0.39, 0.29) is 12.5 Å². The summed E-state index contributed by atoms with van der Waals surface area (Å²) >= 11 is 7.32. The van der Waals surface area contributed by atoms with Crippen molar-refractivity contribution in [1.29, 1.82) is 5.26 Å². The number of benzene rings is 1. The molecule has 0 aliphatic heterocycles. The highest BCUT2D eigenvalue weighted by atomic mass is 35.5. The highest BCUT2D eigenvalue weighted by Crippen LogP contribution is 2.39. The van der Waals surface area contributed by atoms with Crippen LogP contribution in [0.1, 0.15) is 29.3 Å². The van der Waals surface area contributed by atoms with Gasteiger partial charge in [0.15, 0.2) is 6.61 Å². The Balaban J connectivity index is 1.66. The molecule has 1 N–H and O–H groups in total. The summed E-state index contributed by atoms with van der Waals surface area (Å²) in [6.45, 7) is 2.09. The zero-order valence-electron chi connectivity index (χ0n) is 13.3. The number of amides is 1. The number of aryl methyl sites for hydroxylation is 1. The molecule has 0 fully saturated rings. The van der Waals surface area contributed by atoms with Gasteiger partial charge in [0.25, 0.3) is 5.91 Å². The van der Waals surface area contributed by atoms with Gasteiger partial charge in [-0.25, -0.2) is 0 Å². The van der Waals surface area contributed by atoms with Crippen LogP contribution in [-0.4, -0.2) is 12.5 Å². The number of nitrogens with one attached hydrogen (secondary N) is 1. The van der Waals surface area contributed by atoms with Crippen molar-refractivity contribution in [2.75, 3.05) is 11.9 Å². The number of ether oxygens (including phenoxy) is 1. The molecule has 0 radical (unpaired) electrons. The summed E-state index contributed by atoms with van der Waals surface area (Å²) in [6.07, 6.45) is 3.02. The molecule has 1 aliphatic carbocycles. The molecule has 4 nitrogen and oxygen atoms in total. The third-order valence-electron chi connectivity index (χ3n) is 4.06. The van der Waals surface area contributed by atoms with Crippen molar-refractivity contribution in [1.82, 2.24) is 0 Å². The lowest BCUT2D eigenvalue weighted by Crippen LogP contribution is -2.20. The van der Waals surface area contributed by atoms with E-state index < -0.39 is 0 Å². The van der Waals surface area contributed by atoms with E-state index in [1.807, 2.05) is 0 Å². The number of fused-ring (bicyclic) bond motifs is 1. The largest absolute Gasteiger partial charge is 0.484 e. The molecule has 0 spiro atoms. The van der Waals surface area contributed by atoms with Crippen LogP contribution in [0.25, 0.3) is 0 Å². The van der Waals surface area contributed by atoms with Gasteiger partial charge in [-0.15, -0.1) is 11.3 Å². The van der Waals surface area contributed by atoms with E-state index in [4.69, 9.17) is 16.3 Å². The lowest BCUT2D eigenvalue weighted by atomic mass is 9.88. The van der Waals surface area contributed by atoms with Crippen molar-refractivity contribution in [2.45, 2.75) is 26.2 Å². The van der Waals surface area contributed by atoms with Crippen molar-refractivity contribution >= 4 is 33.8 Å². The average Bonchev–Trinajstić information content (AvgIpc) is 2.90. The smallest absolute Gasteiger partial charge is 0.262 e. The van der Waals surface area contributed by atoms with Gasteiger partial charge in [-0.1, -0.05) is 18.5 Å². The average molecular weight is 361 g/mol. The molecule has 1 aromatic carbocycles. The van der Waals surface area contributed by atoms with Gasteiger partial charge in [-0.3, -0.25) is 4.79 Å². The predicted molar refractivity (Wildman–Crippen MR) is 95.8 cm³/mol. The van der Waals surface area contributed by atoms with Gasteiger partial charge < -0.3 is 10.1 Å². The number of hydrogen-bond acceptors (Lipinski definition) is 4. The minimum atomic E-state index is -0.270. The van der Waals surface area contributed by atoms with Crippen LogP contribution in [0.5, 0.6) is 5.75 Å². The maximum absolute atomic E-state index is 12.1. The van der Waals surface area contributed by atoms with Crippen molar-refractivity contribution in [3.63, 3.8) is 0 Å². The minimum absolute atomic E-state index is 0.106. The molecule has 0 saturated heterocycles. The lowest BCUT2D eigenvalue weighted by Gasteiger charge is -2.17. The summed E-state index contributed by atoms with van der Waals surface area (Å²) in [7, 11) is 0. The molecule has 1 atom stereocenters. The number of carbonyl (C=O) groups excluding carboxylic acids is 1. The van der Waals surface area contributed by atoms with Crippen LogP contribution in [0.2, 0.25) is 5.02 Å². The molecule has 1 aromatic heterocycles. The molecule has 1 amide bonds. The number of nitriles is 1. The van der Waals surface area contributed by atoms with Crippen molar-refractivity contribution in [2.24, 2.45) is 5.92 Å². The van der Waals surface area contributed by atoms with Crippen molar-refractivity contribution in [3.05, 3.63) is 45.3 Å². The predicted octanol–water partition coefficient (Wildman–Crippen LogP) is 4.42. The molecular formula is C18H17ClN2O2S. The van der Waals surface area contributed by atoms with Gasteiger partial charge in [0.1, 0.15) is 16.8 Å². The van der Waals surface area contributed by atoms with Gasteiger partial charge in [0.2, 0.25) is 0 Å². The topological polar surface area (TPSA) is 62.1 Å². The van der Waals surface area contributed by atoms with E-state index in [2.05, 4.69) is 18.3 Å². The Kier molecular flexibility index (Phi) is 5.08. The number of rotatable bonds is 4. The fourth-order valence-electron chi connectivity index (χ4n) is 2.81. The maximum atomic E-state index is 12.1. The summed E-state index contributed by atoms with van der Waals surface area (Å²) in [5, 5.41) is 13.5. The molecule has 0 unspecified atom stereocenters. The zero-order chi connectivity index (χ0) is 17.1. The quantitative estimate of drug-likeness (QED) is 0.878. The standard InChI is InChI=1S/C18H17ClN2O2S/c1-11-2-7-16-14(8-11)15(9-20)18(24-16)21-17(22)10-23-13-5-3-12(19)4-6-13/h3-6,11H,2,7-8,10H2,1H3,(H,21,22)/t11-/m1/s1. The Bertz CT molecular complexity index is 793. The normalized spacial score (nSPS) is 16.1. The first-order valence-electron chi connectivity index (χ1n) is 7.79. The number of nitrogens with zero attached hydrogens (tertiary/aromatic N) is 1. The van der Waals surface area contributed by atoms with Crippen LogP contribution in [0.3, 0.4) is 0 Å². The third-order valence-corrected chi connectivity index (χ3v) is 5.52. The second-order valence-corrected chi connectivity index (χ2v) is 7.50. The highest BCUT2D eigenvalue weighted by molar-refractivity contribution is 7.16. The van der Waals surface area contributed by atoms with E-state index in [9.17, 15) is 10.1 Å². The van der Waals surface area contributed by atoms with Crippen molar-refractivity contribution < 1.29 is 9.53 Å². The Morgan fingerprint density at radius 2 is 2.21 bits per heavy atom. The molecule has 1 heterocycles. The molecule has 3 rings (SSSR count). The lowest BCUT2D eigenvalue weighted by molar-refractivity contribution is -0.118. The van der Waals surface area contributed by atoms with E-state index >= 15 is 0 Å². The SMILES string of the molecule is C[C@@H]1CCc2sc(NC(=O)COc3ccc(Cl)cc3)c(C#N)c2C1. The van der Waals surface area contributed by atoms with E-state index in [1.54, 1.807) is 24.3 Å². The highest BCUT2D eigenvalue weighted by Gasteiger charge is 2.24. The number of hydrogen-bond donors (Lipinski definition) is 1. The van der Waals surface area contributed by atoms with Crippen molar-refractivity contribution in [3.8, 4) is 11.8 Å². The second kappa shape index (κ2) is 7.25. The maximum Gasteiger partial charge on any atom is 0.262 e. The fourth-order valence-corrected chi connectivity index (χ4v) is 4.14. The first-order valence-corrected chi connectivity index (χ1v) is 8.99. The van der Waals surface area contributed by atoms with Gasteiger partial charge in [0, 0.05) is 9.90 Å². The molecular weight excluding hydrogens is 344 g/mol. The Labute approximate surface area is 150 Å². The Morgan fingerprint density at radius 3 is 2.92 bits per heavy atom. The number of carbonyl (C=O) groups is 1. The van der Waals surface area contributed by atoms with Crippen LogP contribution in [0, 0.1) is 17.2 Å². The molecule has 0 saturated carbocycles. The van der Waals surface area contributed by atoms with Crippen LogP contribution in [0.15, 0.2) is 24.3 Å². The summed E-state index contributed by atoms with van der Waals surface area (Å²) in [6, 6.07) is 9.08. The van der Waals surface area contributed by atoms with Gasteiger partial charge in [-0.05, 0) is 55.0 Å². The first-order chi connectivity index (χ1) is 11.6. The Hall–Kier alpha value is -2.03. The number of thiophene rings is 1. The summed E-state index contributed by atoms with van der Waals surface area (Å²) in [5.74, 6) is 0.887. The van der Waals surface area contributed by atoms with Crippen LogP contribution >= 0.6 is 22.9 Å². The van der Waals surface area contributed by atoms with Crippen LogP contribution in [0.4, 0.5) is 5.00 Å². The first kappa shape index (κ1) is 16.8. The van der Waals surface area contributed by atoms with Gasteiger partial charge in [0.05, 0.1) is 5.56 Å². The van der Waals surface area contributed by atoms with E-state index in [0.29, 0.717) is 27.3 Å². The monoisotopic (exact) mass is 360 g/mol. The summed E-state index contributed by atoms with van der Waals surface area (Å²) in [4.78, 5) is 13.4. The van der Waals surface area contributed by atoms with E-state index in [1.165, 1.54) is 16.2 Å². The molecule has 124 valence electrons.